The topological polar surface area (TPSA) is 94.6 Å². The highest BCUT2D eigenvalue weighted by atomic mass is 32.3. The number of carbonyl (C=O) groups is 1. The lowest BCUT2D eigenvalue weighted by Crippen LogP contribution is -2.46. The van der Waals surface area contributed by atoms with E-state index in [1.54, 1.807) is 6.92 Å². The van der Waals surface area contributed by atoms with Gasteiger partial charge in [0, 0.05) is 6.42 Å². The van der Waals surface area contributed by atoms with Crippen molar-refractivity contribution in [1.29, 1.82) is 0 Å². The summed E-state index contributed by atoms with van der Waals surface area (Å²) in [5.41, 5.74) is -12.5. The molecule has 0 saturated carbocycles. The maximum Gasteiger partial charge on any atom is 0.498 e. The molecular weight excluding hydrogens is 406 g/mol. The van der Waals surface area contributed by atoms with Crippen LogP contribution in [0.25, 0.3) is 0 Å². The SMILES string of the molecule is CCC(C)C(=O)OC(C)CC(S(=O)(=O)C(F)(F)F)S(=O)(=O)C(F)(F)F. The fourth-order valence-electron chi connectivity index (χ4n) is 1.52. The van der Waals surface area contributed by atoms with Gasteiger partial charge >= 0.3 is 17.0 Å². The van der Waals surface area contributed by atoms with Crippen molar-refractivity contribution in [1.82, 2.24) is 0 Å². The Labute approximate surface area is 140 Å². The van der Waals surface area contributed by atoms with Crippen molar-refractivity contribution in [3.63, 3.8) is 0 Å². The van der Waals surface area contributed by atoms with E-state index in [4.69, 9.17) is 0 Å². The molecule has 0 rings (SSSR count). The smallest absolute Gasteiger partial charge is 0.462 e. The molecule has 2 atom stereocenters. The van der Waals surface area contributed by atoms with Crippen molar-refractivity contribution in [3.8, 4) is 0 Å². The number of halogens is 6. The van der Waals surface area contributed by atoms with E-state index in [1.807, 2.05) is 0 Å². The summed E-state index contributed by atoms with van der Waals surface area (Å²) in [6, 6.07) is 0. The number of hydrogen-bond donors (Lipinski definition) is 0. The van der Waals surface area contributed by atoms with E-state index in [9.17, 15) is 48.0 Å². The van der Waals surface area contributed by atoms with Crippen LogP contribution < -0.4 is 0 Å². The summed E-state index contributed by atoms with van der Waals surface area (Å²) < 4.78 is 121. The second kappa shape index (κ2) is 7.68. The van der Waals surface area contributed by atoms with Gasteiger partial charge in [-0.3, -0.25) is 4.79 Å². The minimum Gasteiger partial charge on any atom is -0.462 e. The minimum atomic E-state index is -6.74. The van der Waals surface area contributed by atoms with Gasteiger partial charge in [-0.15, -0.1) is 0 Å². The van der Waals surface area contributed by atoms with Crippen LogP contribution in [-0.2, 0) is 29.2 Å². The van der Waals surface area contributed by atoms with Gasteiger partial charge in [0.25, 0.3) is 19.7 Å². The average molecular weight is 422 g/mol. The number of carbonyl (C=O) groups excluding carboxylic acids is 1. The highest BCUT2D eigenvalue weighted by molar-refractivity contribution is 8.09. The van der Waals surface area contributed by atoms with Gasteiger partial charge in [0.15, 0.2) is 4.58 Å². The molecule has 0 fully saturated rings. The van der Waals surface area contributed by atoms with E-state index in [0.29, 0.717) is 0 Å². The van der Waals surface area contributed by atoms with Crippen molar-refractivity contribution in [3.05, 3.63) is 0 Å². The van der Waals surface area contributed by atoms with Crippen molar-refractivity contribution in [2.75, 3.05) is 0 Å². The van der Waals surface area contributed by atoms with Crippen LogP contribution in [0.2, 0.25) is 0 Å². The first kappa shape index (κ1) is 23.9. The van der Waals surface area contributed by atoms with Gasteiger partial charge in [-0.05, 0) is 13.3 Å². The molecule has 25 heavy (non-hydrogen) atoms. The highest BCUT2D eigenvalue weighted by Crippen LogP contribution is 2.38. The molecule has 6 nitrogen and oxygen atoms in total. The second-order valence-electron chi connectivity index (χ2n) is 5.20. The molecule has 0 aliphatic rings. The number of alkyl halides is 6. The molecule has 0 amide bonds. The van der Waals surface area contributed by atoms with Crippen LogP contribution in [0.4, 0.5) is 26.3 Å². The van der Waals surface area contributed by atoms with Crippen LogP contribution in [0, 0.1) is 5.92 Å². The Morgan fingerprint density at radius 1 is 0.920 bits per heavy atom. The molecule has 0 aliphatic heterocycles. The fourth-order valence-corrected chi connectivity index (χ4v) is 5.15. The summed E-state index contributed by atoms with van der Waals surface area (Å²) in [7, 11) is -13.5. The van der Waals surface area contributed by atoms with Gasteiger partial charge < -0.3 is 4.74 Å². The molecule has 150 valence electrons. The fraction of sp³-hybridized carbons (Fsp3) is 0.909. The zero-order valence-corrected chi connectivity index (χ0v) is 14.8. The lowest BCUT2D eigenvalue weighted by atomic mass is 10.1. The Kier molecular flexibility index (Phi) is 7.36. The summed E-state index contributed by atoms with van der Waals surface area (Å²) in [5.74, 6) is -1.78. The van der Waals surface area contributed by atoms with Crippen molar-refractivity contribution >= 4 is 25.6 Å². The van der Waals surface area contributed by atoms with Crippen LogP contribution in [0.3, 0.4) is 0 Å². The van der Waals surface area contributed by atoms with E-state index in [1.165, 1.54) is 6.92 Å². The third kappa shape index (κ3) is 5.46. The van der Waals surface area contributed by atoms with Gasteiger partial charge in [0.1, 0.15) is 6.10 Å². The number of rotatable bonds is 7. The third-order valence-electron chi connectivity index (χ3n) is 3.19. The molecule has 0 aromatic heterocycles. The monoisotopic (exact) mass is 422 g/mol. The number of ether oxygens (including phenoxy) is 1. The molecule has 0 aromatic carbocycles. The highest BCUT2D eigenvalue weighted by Gasteiger charge is 2.63. The number of sulfone groups is 2. The standard InChI is InChI=1S/C11H16F6O6S2/c1-4-6(2)9(18)23-7(3)5-8(24(19,20)10(12,13)14)25(21,22)11(15,16)17/h6-8H,4-5H2,1-3H3. The van der Waals surface area contributed by atoms with Gasteiger partial charge in [-0.2, -0.15) is 26.3 Å². The van der Waals surface area contributed by atoms with E-state index >= 15 is 0 Å². The molecule has 0 radical (unpaired) electrons. The molecule has 0 N–H and O–H groups in total. The first-order valence-electron chi connectivity index (χ1n) is 6.70. The van der Waals surface area contributed by atoms with E-state index < -0.39 is 59.7 Å². The van der Waals surface area contributed by atoms with E-state index in [0.717, 1.165) is 6.92 Å². The van der Waals surface area contributed by atoms with Gasteiger partial charge in [0.2, 0.25) is 0 Å². The first-order valence-corrected chi connectivity index (χ1v) is 9.79. The summed E-state index contributed by atoms with van der Waals surface area (Å²) in [6.07, 6.45) is -3.30. The van der Waals surface area contributed by atoms with Crippen LogP contribution in [0.5, 0.6) is 0 Å². The molecule has 2 unspecified atom stereocenters. The summed E-state index contributed by atoms with van der Waals surface area (Å²) >= 11 is 0. The molecule has 0 saturated heterocycles. The third-order valence-corrected chi connectivity index (χ3v) is 7.77. The maximum atomic E-state index is 12.6. The Balaban J connectivity index is 5.87. The van der Waals surface area contributed by atoms with Gasteiger partial charge in [-0.25, -0.2) is 16.8 Å². The summed E-state index contributed by atoms with van der Waals surface area (Å²) in [5, 5.41) is 0. The van der Waals surface area contributed by atoms with Crippen LogP contribution in [0.15, 0.2) is 0 Å². The van der Waals surface area contributed by atoms with Crippen LogP contribution in [0.1, 0.15) is 33.6 Å². The lowest BCUT2D eigenvalue weighted by Gasteiger charge is -2.24. The minimum absolute atomic E-state index is 0.233. The zero-order chi connectivity index (χ0) is 20.4. The van der Waals surface area contributed by atoms with Gasteiger partial charge in [-0.1, -0.05) is 13.8 Å². The Morgan fingerprint density at radius 3 is 1.56 bits per heavy atom. The first-order chi connectivity index (χ1) is 10.9. The normalized spacial score (nSPS) is 16.6. The summed E-state index contributed by atoms with van der Waals surface area (Å²) in [6.45, 7) is 3.69. The predicted molar refractivity (Wildman–Crippen MR) is 73.4 cm³/mol. The zero-order valence-electron chi connectivity index (χ0n) is 13.2. The Hall–Kier alpha value is -1.05. The van der Waals surface area contributed by atoms with E-state index in [2.05, 4.69) is 4.74 Å². The molecule has 0 aromatic rings. The Bertz CT molecular complexity index is 635. The quantitative estimate of drug-likeness (QED) is 0.462. The van der Waals surface area contributed by atoms with Gasteiger partial charge in [0.05, 0.1) is 5.92 Å². The van der Waals surface area contributed by atoms with Crippen molar-refractivity contribution in [2.24, 2.45) is 5.92 Å². The number of hydrogen-bond acceptors (Lipinski definition) is 6. The second-order valence-corrected chi connectivity index (χ2v) is 9.75. The van der Waals surface area contributed by atoms with Crippen molar-refractivity contribution < 1.29 is 52.7 Å². The van der Waals surface area contributed by atoms with Crippen LogP contribution >= 0.6 is 0 Å². The summed E-state index contributed by atoms with van der Waals surface area (Å²) in [4.78, 5) is 11.5. The Morgan fingerprint density at radius 2 is 1.28 bits per heavy atom. The van der Waals surface area contributed by atoms with Crippen LogP contribution in [-0.4, -0.2) is 44.5 Å². The maximum absolute atomic E-state index is 12.6. The molecule has 0 bridgehead atoms. The lowest BCUT2D eigenvalue weighted by molar-refractivity contribution is -0.152. The number of esters is 1. The molecule has 0 heterocycles. The van der Waals surface area contributed by atoms with Crippen molar-refractivity contribution in [2.45, 2.75) is 55.3 Å². The van der Waals surface area contributed by atoms with E-state index in [-0.39, 0.29) is 6.42 Å². The largest absolute Gasteiger partial charge is 0.498 e. The molecule has 14 heteroatoms. The predicted octanol–water partition coefficient (Wildman–Crippen LogP) is 2.55. The average Bonchev–Trinajstić information content (AvgIpc) is 2.40. The molecular formula is C11H16F6O6S2. The molecule has 0 aliphatic carbocycles. The molecule has 0 spiro atoms.